The lowest BCUT2D eigenvalue weighted by Gasteiger charge is -2.00. The molecular weight excluding hydrogens is 210 g/mol. The number of rotatable bonds is 3. The quantitative estimate of drug-likeness (QED) is 0.568. The van der Waals surface area contributed by atoms with Crippen molar-refractivity contribution < 1.29 is 4.84 Å². The molecule has 15 heavy (non-hydrogen) atoms. The molecule has 0 amide bonds. The lowest BCUT2D eigenvalue weighted by atomic mass is 10.1. The number of hydrogen-bond donors (Lipinski definition) is 0. The molecule has 1 aromatic carbocycles. The molecular formula is C12H14ClNO. The maximum Gasteiger partial charge on any atom is 0.106 e. The molecule has 1 aliphatic rings. The summed E-state index contributed by atoms with van der Waals surface area (Å²) in [5.74, 6) is 1.15. The zero-order valence-corrected chi connectivity index (χ0v) is 9.66. The number of hydrogen-bond acceptors (Lipinski definition) is 2. The highest BCUT2D eigenvalue weighted by Gasteiger charge is 2.40. The highest BCUT2D eigenvalue weighted by Crippen LogP contribution is 2.48. The summed E-state index contributed by atoms with van der Waals surface area (Å²) in [6, 6.07) is 8.06. The average Bonchev–Trinajstić information content (AvgIpc) is 2.99. The van der Waals surface area contributed by atoms with Gasteiger partial charge in [-0.2, -0.15) is 0 Å². The second-order valence-electron chi connectivity index (χ2n) is 3.92. The Kier molecular flexibility index (Phi) is 2.96. The number of halogens is 1. The maximum absolute atomic E-state index is 5.84. The highest BCUT2D eigenvalue weighted by atomic mass is 35.5. The van der Waals surface area contributed by atoms with Crippen LogP contribution in [0.1, 0.15) is 24.8 Å². The molecule has 0 aromatic heterocycles. The van der Waals surface area contributed by atoms with Gasteiger partial charge in [0.2, 0.25) is 0 Å². The fourth-order valence-electron chi connectivity index (χ4n) is 1.95. The molecule has 0 bridgehead atoms. The molecule has 0 N–H and O–H groups in total. The topological polar surface area (TPSA) is 21.6 Å². The van der Waals surface area contributed by atoms with Crippen molar-refractivity contribution in [2.45, 2.75) is 19.3 Å². The molecule has 1 saturated carbocycles. The van der Waals surface area contributed by atoms with E-state index in [1.54, 1.807) is 7.11 Å². The number of nitrogens with zero attached hydrogens (tertiary/aromatic N) is 1. The second-order valence-corrected chi connectivity index (χ2v) is 4.35. The summed E-state index contributed by atoms with van der Waals surface area (Å²) in [5.41, 5.74) is 2.42. The second kappa shape index (κ2) is 4.23. The van der Waals surface area contributed by atoms with E-state index in [-0.39, 0.29) is 0 Å². The third-order valence-corrected chi connectivity index (χ3v) is 3.11. The molecule has 0 radical (unpaired) electrons. The molecule has 1 fully saturated rings. The summed E-state index contributed by atoms with van der Waals surface area (Å²) in [6.07, 6.45) is 1.17. The van der Waals surface area contributed by atoms with Gasteiger partial charge in [-0.1, -0.05) is 28.9 Å². The van der Waals surface area contributed by atoms with Crippen molar-refractivity contribution in [1.82, 2.24) is 0 Å². The van der Waals surface area contributed by atoms with Crippen molar-refractivity contribution >= 4 is 17.3 Å². The Morgan fingerprint density at radius 1 is 1.40 bits per heavy atom. The third-order valence-electron chi connectivity index (χ3n) is 2.86. The van der Waals surface area contributed by atoms with Crippen LogP contribution in [0.3, 0.4) is 0 Å². The van der Waals surface area contributed by atoms with Gasteiger partial charge in [0.15, 0.2) is 0 Å². The van der Waals surface area contributed by atoms with Gasteiger partial charge >= 0.3 is 0 Å². The highest BCUT2D eigenvalue weighted by molar-refractivity contribution is 6.30. The van der Waals surface area contributed by atoms with Crippen molar-refractivity contribution in [3.8, 4) is 0 Å². The van der Waals surface area contributed by atoms with Crippen molar-refractivity contribution in [3.63, 3.8) is 0 Å². The van der Waals surface area contributed by atoms with E-state index >= 15 is 0 Å². The molecule has 2 nitrogen and oxygen atoms in total. The van der Waals surface area contributed by atoms with Gasteiger partial charge in [0.1, 0.15) is 7.11 Å². The van der Waals surface area contributed by atoms with Gasteiger partial charge in [-0.3, -0.25) is 0 Å². The van der Waals surface area contributed by atoms with Gasteiger partial charge in [-0.05, 0) is 37.0 Å². The summed E-state index contributed by atoms with van der Waals surface area (Å²) < 4.78 is 0. The monoisotopic (exact) mass is 223 g/mol. The minimum Gasteiger partial charge on any atom is -0.399 e. The van der Waals surface area contributed by atoms with Crippen LogP contribution in [-0.4, -0.2) is 12.8 Å². The summed E-state index contributed by atoms with van der Waals surface area (Å²) in [7, 11) is 1.59. The normalized spacial score (nSPS) is 25.1. The fourth-order valence-corrected chi connectivity index (χ4v) is 2.07. The lowest BCUT2D eigenvalue weighted by molar-refractivity contribution is 0.212. The van der Waals surface area contributed by atoms with Crippen molar-refractivity contribution in [2.24, 2.45) is 11.1 Å². The zero-order valence-electron chi connectivity index (χ0n) is 8.90. The van der Waals surface area contributed by atoms with Gasteiger partial charge in [0.05, 0.1) is 5.71 Å². The predicted molar refractivity (Wildman–Crippen MR) is 62.4 cm³/mol. The first-order valence-electron chi connectivity index (χ1n) is 5.05. The molecule has 0 spiro atoms. The third kappa shape index (κ3) is 2.32. The van der Waals surface area contributed by atoms with E-state index in [0.29, 0.717) is 11.8 Å². The van der Waals surface area contributed by atoms with E-state index in [1.807, 2.05) is 19.1 Å². The fraction of sp³-hybridized carbons (Fsp3) is 0.417. The summed E-state index contributed by atoms with van der Waals surface area (Å²) >= 11 is 5.84. The Balaban J connectivity index is 2.05. The molecule has 0 unspecified atom stereocenters. The van der Waals surface area contributed by atoms with Gasteiger partial charge in [-0.15, -0.1) is 0 Å². The maximum atomic E-state index is 5.84. The Hall–Kier alpha value is -1.02. The van der Waals surface area contributed by atoms with Gasteiger partial charge in [-0.25, -0.2) is 0 Å². The first kappa shape index (κ1) is 10.5. The van der Waals surface area contributed by atoms with Gasteiger partial charge < -0.3 is 4.84 Å². The van der Waals surface area contributed by atoms with Crippen molar-refractivity contribution in [3.05, 3.63) is 34.9 Å². The Morgan fingerprint density at radius 3 is 2.67 bits per heavy atom. The van der Waals surface area contributed by atoms with E-state index in [0.717, 1.165) is 10.7 Å². The first-order chi connectivity index (χ1) is 7.22. The molecule has 3 heteroatoms. The Morgan fingerprint density at radius 2 is 2.07 bits per heavy atom. The smallest absolute Gasteiger partial charge is 0.106 e. The molecule has 1 aromatic rings. The first-order valence-corrected chi connectivity index (χ1v) is 5.43. The van der Waals surface area contributed by atoms with Gasteiger partial charge in [0.25, 0.3) is 0 Å². The molecule has 80 valence electrons. The van der Waals surface area contributed by atoms with Gasteiger partial charge in [0, 0.05) is 10.9 Å². The minimum absolute atomic E-state index is 0.547. The van der Waals surface area contributed by atoms with Crippen LogP contribution >= 0.6 is 11.6 Å². The molecule has 2 atom stereocenters. The van der Waals surface area contributed by atoms with Crippen molar-refractivity contribution in [1.29, 1.82) is 0 Å². The molecule has 0 heterocycles. The summed E-state index contributed by atoms with van der Waals surface area (Å²) in [5, 5.41) is 4.76. The van der Waals surface area contributed by atoms with Crippen molar-refractivity contribution in [2.75, 3.05) is 7.11 Å². The van der Waals surface area contributed by atoms with Crippen LogP contribution in [-0.2, 0) is 4.84 Å². The van der Waals surface area contributed by atoms with Crippen LogP contribution in [0, 0.1) is 5.92 Å². The lowest BCUT2D eigenvalue weighted by Crippen LogP contribution is -1.97. The number of oxime groups is 1. The average molecular weight is 224 g/mol. The van der Waals surface area contributed by atoms with E-state index in [2.05, 4.69) is 17.3 Å². The molecule has 0 aliphatic heterocycles. The van der Waals surface area contributed by atoms with E-state index < -0.39 is 0 Å². The molecule has 2 rings (SSSR count). The SMILES string of the molecule is CON=C(C)[C@H]1C[C@@H]1c1ccc(Cl)cc1. The molecule has 1 aliphatic carbocycles. The largest absolute Gasteiger partial charge is 0.399 e. The standard InChI is InChI=1S/C12H14ClNO/c1-8(14-15-2)11-7-12(11)9-3-5-10(13)6-4-9/h3-6,11-12H,7H2,1-2H3/t11-,12-/m1/s1. The Labute approximate surface area is 94.9 Å². The summed E-state index contributed by atoms with van der Waals surface area (Å²) in [6.45, 7) is 2.02. The number of benzene rings is 1. The van der Waals surface area contributed by atoms with E-state index in [1.165, 1.54) is 12.0 Å². The van der Waals surface area contributed by atoms with Crippen LogP contribution in [0.5, 0.6) is 0 Å². The van der Waals surface area contributed by atoms with Crippen LogP contribution in [0.2, 0.25) is 5.02 Å². The predicted octanol–water partition coefficient (Wildman–Crippen LogP) is 3.47. The minimum atomic E-state index is 0.547. The summed E-state index contributed by atoms with van der Waals surface area (Å²) in [4.78, 5) is 4.78. The van der Waals surface area contributed by atoms with Crippen LogP contribution < -0.4 is 0 Å². The van der Waals surface area contributed by atoms with Crippen LogP contribution in [0.15, 0.2) is 29.4 Å². The zero-order chi connectivity index (χ0) is 10.8. The van der Waals surface area contributed by atoms with E-state index in [9.17, 15) is 0 Å². The van der Waals surface area contributed by atoms with Crippen LogP contribution in [0.25, 0.3) is 0 Å². The molecule has 0 saturated heterocycles. The van der Waals surface area contributed by atoms with E-state index in [4.69, 9.17) is 16.4 Å². The van der Waals surface area contributed by atoms with Crippen LogP contribution in [0.4, 0.5) is 0 Å². The Bertz CT molecular complexity index is 372.